The minimum Gasteiger partial charge on any atom is -0.457 e. The molecule has 2 aromatic carbocycles. The molecule has 0 unspecified atom stereocenters. The first-order chi connectivity index (χ1) is 15.0. The van der Waals surface area contributed by atoms with Gasteiger partial charge in [0.2, 0.25) is 0 Å². The summed E-state index contributed by atoms with van der Waals surface area (Å²) in [7, 11) is 0. The van der Waals surface area contributed by atoms with Crippen LogP contribution in [-0.4, -0.2) is 30.0 Å². The van der Waals surface area contributed by atoms with Gasteiger partial charge in [-0.3, -0.25) is 19.2 Å². The normalized spacial score (nSPS) is 22.5. The van der Waals surface area contributed by atoms with E-state index in [4.69, 9.17) is 4.74 Å². The molecule has 2 aliphatic carbocycles. The van der Waals surface area contributed by atoms with Crippen molar-refractivity contribution in [2.24, 2.45) is 17.8 Å². The van der Waals surface area contributed by atoms with E-state index in [-0.39, 0.29) is 42.0 Å². The molecule has 1 N–H and O–H groups in total. The molecule has 1 amide bonds. The summed E-state index contributed by atoms with van der Waals surface area (Å²) in [5.41, 5.74) is 1.52. The highest BCUT2D eigenvalue weighted by Crippen LogP contribution is 2.40. The summed E-state index contributed by atoms with van der Waals surface area (Å²) >= 11 is 0. The summed E-state index contributed by atoms with van der Waals surface area (Å²) in [6.45, 7) is -0.325. The highest BCUT2D eigenvalue weighted by Gasteiger charge is 2.41. The number of ketones is 2. The van der Waals surface area contributed by atoms with Crippen LogP contribution in [-0.2, 0) is 14.3 Å². The second-order valence-electron chi connectivity index (χ2n) is 8.32. The van der Waals surface area contributed by atoms with Crippen molar-refractivity contribution < 1.29 is 23.9 Å². The average Bonchev–Trinajstić information content (AvgIpc) is 2.78. The van der Waals surface area contributed by atoms with Gasteiger partial charge in [-0.1, -0.05) is 24.6 Å². The summed E-state index contributed by atoms with van der Waals surface area (Å²) < 4.78 is 5.28. The SMILES string of the molecule is O=C(COC(=O)C1C[C@@H]2CCC[C@@H](C1)C2=O)c1ccc(NC(=O)c2ccccc2)cc1. The van der Waals surface area contributed by atoms with Crippen molar-refractivity contribution in [3.8, 4) is 0 Å². The second-order valence-corrected chi connectivity index (χ2v) is 8.32. The number of carbonyl (C=O) groups excluding carboxylic acids is 4. The lowest BCUT2D eigenvalue weighted by molar-refractivity contribution is -0.152. The number of carbonyl (C=O) groups is 4. The summed E-state index contributed by atoms with van der Waals surface area (Å²) in [5.74, 6) is -0.976. The van der Waals surface area contributed by atoms with E-state index in [2.05, 4.69) is 5.32 Å². The maximum Gasteiger partial charge on any atom is 0.309 e. The molecule has 0 heterocycles. The van der Waals surface area contributed by atoms with Crippen LogP contribution in [0.4, 0.5) is 5.69 Å². The number of fused-ring (bicyclic) bond motifs is 2. The lowest BCUT2D eigenvalue weighted by Crippen LogP contribution is -2.39. The number of amides is 1. The first-order valence-corrected chi connectivity index (χ1v) is 10.7. The van der Waals surface area contributed by atoms with E-state index in [0.29, 0.717) is 35.4 Å². The monoisotopic (exact) mass is 419 g/mol. The quantitative estimate of drug-likeness (QED) is 0.563. The van der Waals surface area contributed by atoms with Gasteiger partial charge in [0.25, 0.3) is 5.91 Å². The Balaban J connectivity index is 1.28. The molecule has 6 heteroatoms. The molecule has 0 radical (unpaired) electrons. The Labute approximate surface area is 181 Å². The van der Waals surface area contributed by atoms with Crippen LogP contribution in [0.3, 0.4) is 0 Å². The summed E-state index contributed by atoms with van der Waals surface area (Å²) in [6, 6.07) is 15.3. The average molecular weight is 419 g/mol. The highest BCUT2D eigenvalue weighted by atomic mass is 16.5. The van der Waals surface area contributed by atoms with Crippen LogP contribution in [0.5, 0.6) is 0 Å². The minimum absolute atomic E-state index is 0.0283. The van der Waals surface area contributed by atoms with Gasteiger partial charge in [0.05, 0.1) is 5.92 Å². The molecule has 2 bridgehead atoms. The van der Waals surface area contributed by atoms with Crippen molar-refractivity contribution >= 4 is 29.1 Å². The van der Waals surface area contributed by atoms with E-state index in [1.807, 2.05) is 6.07 Å². The molecular weight excluding hydrogens is 394 g/mol. The van der Waals surface area contributed by atoms with E-state index in [1.54, 1.807) is 48.5 Å². The standard InChI is InChI=1S/C25H25NO5/c27-22(15-31-25(30)20-13-18-7-4-8-19(14-20)23(18)28)16-9-11-21(12-10-16)26-24(29)17-5-2-1-3-6-17/h1-3,5-6,9-12,18-20H,4,7-8,13-15H2,(H,26,29)/t18-,19-/m0/s1. The zero-order valence-electron chi connectivity index (χ0n) is 17.2. The van der Waals surface area contributed by atoms with Crippen molar-refractivity contribution in [1.29, 1.82) is 0 Å². The number of esters is 1. The summed E-state index contributed by atoms with van der Waals surface area (Å²) in [4.78, 5) is 49.2. The van der Waals surface area contributed by atoms with Crippen LogP contribution in [0, 0.1) is 17.8 Å². The van der Waals surface area contributed by atoms with Crippen molar-refractivity contribution in [1.82, 2.24) is 0 Å². The molecule has 4 rings (SSSR count). The lowest BCUT2D eigenvalue weighted by Gasteiger charge is -2.36. The van der Waals surface area contributed by atoms with Gasteiger partial charge in [-0.15, -0.1) is 0 Å². The third-order valence-corrected chi connectivity index (χ3v) is 6.23. The first-order valence-electron chi connectivity index (χ1n) is 10.7. The van der Waals surface area contributed by atoms with Crippen LogP contribution in [0.25, 0.3) is 0 Å². The fraction of sp³-hybridized carbons (Fsp3) is 0.360. The number of benzene rings is 2. The smallest absolute Gasteiger partial charge is 0.309 e. The van der Waals surface area contributed by atoms with Gasteiger partial charge in [0.1, 0.15) is 5.78 Å². The fourth-order valence-electron chi connectivity index (χ4n) is 4.54. The number of nitrogens with one attached hydrogen (secondary N) is 1. The number of ether oxygens (including phenoxy) is 1. The number of hydrogen-bond acceptors (Lipinski definition) is 5. The van der Waals surface area contributed by atoms with Gasteiger partial charge in [0.15, 0.2) is 12.4 Å². The Hall–Kier alpha value is -3.28. The predicted molar refractivity (Wildman–Crippen MR) is 115 cm³/mol. The molecule has 0 spiro atoms. The molecule has 160 valence electrons. The predicted octanol–water partition coefficient (Wildman–Crippen LogP) is 4.06. The Morgan fingerprint density at radius 2 is 1.52 bits per heavy atom. The van der Waals surface area contributed by atoms with Crippen molar-refractivity contribution in [3.63, 3.8) is 0 Å². The zero-order chi connectivity index (χ0) is 21.8. The van der Waals surface area contributed by atoms with Gasteiger partial charge >= 0.3 is 5.97 Å². The molecule has 0 saturated heterocycles. The van der Waals surface area contributed by atoms with Crippen LogP contribution < -0.4 is 5.32 Å². The molecule has 6 nitrogen and oxygen atoms in total. The largest absolute Gasteiger partial charge is 0.457 e. The van der Waals surface area contributed by atoms with Gasteiger partial charge in [0, 0.05) is 28.7 Å². The molecule has 0 aromatic heterocycles. The lowest BCUT2D eigenvalue weighted by atomic mass is 9.67. The number of hydrogen-bond donors (Lipinski definition) is 1. The fourth-order valence-corrected chi connectivity index (χ4v) is 4.54. The number of rotatable bonds is 6. The maximum absolute atomic E-state index is 12.4. The maximum atomic E-state index is 12.4. The van der Waals surface area contributed by atoms with E-state index < -0.39 is 0 Å². The molecule has 2 atom stereocenters. The van der Waals surface area contributed by atoms with E-state index in [9.17, 15) is 19.2 Å². The van der Waals surface area contributed by atoms with Crippen LogP contribution >= 0.6 is 0 Å². The van der Waals surface area contributed by atoms with E-state index in [1.165, 1.54) is 0 Å². The third-order valence-electron chi connectivity index (χ3n) is 6.23. The molecule has 2 saturated carbocycles. The second kappa shape index (κ2) is 9.25. The van der Waals surface area contributed by atoms with Crippen molar-refractivity contribution in [2.45, 2.75) is 32.1 Å². The van der Waals surface area contributed by atoms with E-state index >= 15 is 0 Å². The van der Waals surface area contributed by atoms with Crippen LogP contribution in [0.15, 0.2) is 54.6 Å². The van der Waals surface area contributed by atoms with Gasteiger partial charge in [-0.05, 0) is 62.1 Å². The van der Waals surface area contributed by atoms with Crippen molar-refractivity contribution in [3.05, 3.63) is 65.7 Å². The molecule has 2 aliphatic rings. The summed E-state index contributed by atoms with van der Waals surface area (Å²) in [6.07, 6.45) is 3.83. The van der Waals surface area contributed by atoms with Crippen LogP contribution in [0.1, 0.15) is 52.8 Å². The van der Waals surface area contributed by atoms with Gasteiger partial charge in [-0.25, -0.2) is 0 Å². The molecule has 31 heavy (non-hydrogen) atoms. The highest BCUT2D eigenvalue weighted by molar-refractivity contribution is 6.04. The van der Waals surface area contributed by atoms with Gasteiger partial charge < -0.3 is 10.1 Å². The van der Waals surface area contributed by atoms with Crippen LogP contribution in [0.2, 0.25) is 0 Å². The van der Waals surface area contributed by atoms with Gasteiger partial charge in [-0.2, -0.15) is 0 Å². The zero-order valence-corrected chi connectivity index (χ0v) is 17.2. The Morgan fingerprint density at radius 1 is 0.871 bits per heavy atom. The molecular formula is C25H25NO5. The van der Waals surface area contributed by atoms with E-state index in [0.717, 1.165) is 19.3 Å². The Morgan fingerprint density at radius 3 is 2.16 bits per heavy atom. The first kappa shape index (κ1) is 21.0. The molecule has 2 aromatic rings. The number of Topliss-reactive ketones (excluding diaryl/α,β-unsaturated/α-hetero) is 2. The molecule has 0 aliphatic heterocycles. The molecule has 2 fully saturated rings. The van der Waals surface area contributed by atoms with Crippen molar-refractivity contribution in [2.75, 3.05) is 11.9 Å². The topological polar surface area (TPSA) is 89.5 Å². The third kappa shape index (κ3) is 4.90. The summed E-state index contributed by atoms with van der Waals surface area (Å²) in [5, 5.41) is 2.78. The number of anilines is 1. The Bertz CT molecular complexity index is 967. The minimum atomic E-state index is -0.385. The Kier molecular flexibility index (Phi) is 6.26.